The Morgan fingerprint density at radius 2 is 1.87 bits per heavy atom. The van der Waals surface area contributed by atoms with Crippen LogP contribution >= 0.6 is 11.6 Å². The lowest BCUT2D eigenvalue weighted by Crippen LogP contribution is -2.55. The average Bonchev–Trinajstić information content (AvgIpc) is 2.88. The lowest BCUT2D eigenvalue weighted by atomic mass is 9.91. The number of rotatable bonds is 6. The van der Waals surface area contributed by atoms with Crippen molar-refractivity contribution >= 4 is 29.3 Å². The molecule has 1 saturated heterocycles. The Labute approximate surface area is 232 Å². The molecule has 2 aliphatic heterocycles. The number of fused-ring (bicyclic) bond motifs is 1. The second-order valence-corrected chi connectivity index (χ2v) is 11.4. The first-order valence-electron chi connectivity index (χ1n) is 12.9. The van der Waals surface area contributed by atoms with E-state index in [4.69, 9.17) is 25.8 Å². The fourth-order valence-corrected chi connectivity index (χ4v) is 4.82. The van der Waals surface area contributed by atoms with Crippen LogP contribution in [0.3, 0.4) is 0 Å². The molecular weight excluding hydrogens is 529 g/mol. The normalized spacial score (nSPS) is 19.1. The topological polar surface area (TPSA) is 101 Å². The van der Waals surface area contributed by atoms with Crippen molar-refractivity contribution in [2.24, 2.45) is 0 Å². The highest BCUT2D eigenvalue weighted by Gasteiger charge is 2.38. The van der Waals surface area contributed by atoms with Gasteiger partial charge in [-0.05, 0) is 57.4 Å². The number of nitrogens with one attached hydrogen (secondary N) is 1. The number of carbonyl (C=O) groups excluding carboxylic acids is 2. The van der Waals surface area contributed by atoms with Gasteiger partial charge in [0.1, 0.15) is 22.9 Å². The number of aliphatic hydroxyl groups is 1. The predicted octanol–water partition coefficient (Wildman–Crippen LogP) is 4.13. The molecule has 9 nitrogen and oxygen atoms in total. The highest BCUT2D eigenvalue weighted by atomic mass is 35.5. The largest absolute Gasteiger partial charge is 0.495 e. The van der Waals surface area contributed by atoms with E-state index in [-0.39, 0.29) is 29.7 Å². The highest BCUT2D eigenvalue weighted by Crippen LogP contribution is 2.41. The Morgan fingerprint density at radius 3 is 2.49 bits per heavy atom. The second kappa shape index (κ2) is 11.6. The molecule has 0 aromatic heterocycles. The van der Waals surface area contributed by atoms with Crippen molar-refractivity contribution in [1.29, 1.82) is 0 Å². The number of halogens is 2. The Morgan fingerprint density at radius 1 is 1.21 bits per heavy atom. The number of piperidine rings is 1. The van der Waals surface area contributed by atoms with Crippen LogP contribution in [-0.4, -0.2) is 72.6 Å². The zero-order valence-electron chi connectivity index (χ0n) is 22.6. The molecule has 2 amide bonds. The van der Waals surface area contributed by atoms with E-state index in [1.165, 1.54) is 36.3 Å². The summed E-state index contributed by atoms with van der Waals surface area (Å²) in [6, 6.07) is 9.44. The number of methoxy groups -OCH3 is 1. The zero-order chi connectivity index (χ0) is 28.4. The zero-order valence-corrected chi connectivity index (χ0v) is 23.4. The standard InChI is InChI=1S/C28H35ClFN3O6/c1-27(2,3)39-26(35)33-16-24(38-23-14-22(37-4)20(29)13-21(23)33)25(34)31-17-28(36)9-11-32(12-10-28)15-18-5-7-19(30)8-6-18/h5-8,13-14,24,36H,9-12,15-17H2,1-4H3,(H,31,34). The molecule has 0 aliphatic carbocycles. The van der Waals surface area contributed by atoms with Crippen LogP contribution in [0.4, 0.5) is 14.9 Å². The fourth-order valence-electron chi connectivity index (χ4n) is 4.58. The third-order valence-corrected chi connectivity index (χ3v) is 7.04. The van der Waals surface area contributed by atoms with Crippen molar-refractivity contribution < 1.29 is 33.3 Å². The van der Waals surface area contributed by atoms with E-state index >= 15 is 0 Å². The average molecular weight is 564 g/mol. The molecule has 0 spiro atoms. The first-order valence-corrected chi connectivity index (χ1v) is 13.3. The van der Waals surface area contributed by atoms with Gasteiger partial charge in [-0.15, -0.1) is 0 Å². The van der Waals surface area contributed by atoms with E-state index < -0.39 is 29.3 Å². The molecule has 212 valence electrons. The van der Waals surface area contributed by atoms with Crippen molar-refractivity contribution in [3.63, 3.8) is 0 Å². The smallest absolute Gasteiger partial charge is 0.415 e. The number of carbonyl (C=O) groups is 2. The van der Waals surface area contributed by atoms with Crippen LogP contribution in [0, 0.1) is 5.82 Å². The van der Waals surface area contributed by atoms with Gasteiger partial charge in [0.25, 0.3) is 5.91 Å². The number of anilines is 1. The summed E-state index contributed by atoms with van der Waals surface area (Å²) in [5, 5.41) is 14.2. The van der Waals surface area contributed by atoms with E-state index in [1.807, 2.05) is 0 Å². The minimum atomic E-state index is -1.08. The molecule has 2 aliphatic rings. The molecule has 1 atom stereocenters. The van der Waals surface area contributed by atoms with Crippen molar-refractivity contribution in [2.75, 3.05) is 38.2 Å². The van der Waals surface area contributed by atoms with Crippen LogP contribution in [0.1, 0.15) is 39.2 Å². The molecule has 1 unspecified atom stereocenters. The number of amides is 2. The molecule has 0 radical (unpaired) electrons. The summed E-state index contributed by atoms with van der Waals surface area (Å²) in [5.74, 6) is -0.154. The molecule has 0 bridgehead atoms. The van der Waals surface area contributed by atoms with Gasteiger partial charge < -0.3 is 24.6 Å². The van der Waals surface area contributed by atoms with Crippen molar-refractivity contribution in [3.05, 3.63) is 52.8 Å². The molecule has 0 saturated carbocycles. The summed E-state index contributed by atoms with van der Waals surface area (Å²) >= 11 is 6.29. The SMILES string of the molecule is COc1cc2c(cc1Cl)N(C(=O)OC(C)(C)C)CC(C(=O)NCC1(O)CCN(Cc3ccc(F)cc3)CC1)O2. The van der Waals surface area contributed by atoms with Gasteiger partial charge in [-0.3, -0.25) is 14.6 Å². The minimum absolute atomic E-state index is 0.0410. The van der Waals surface area contributed by atoms with E-state index in [2.05, 4.69) is 10.2 Å². The van der Waals surface area contributed by atoms with Crippen LogP contribution in [0.5, 0.6) is 11.5 Å². The van der Waals surface area contributed by atoms with Gasteiger partial charge in [0.15, 0.2) is 6.10 Å². The van der Waals surface area contributed by atoms with E-state index in [0.717, 1.165) is 5.56 Å². The quantitative estimate of drug-likeness (QED) is 0.545. The Hall–Kier alpha value is -3.08. The predicted molar refractivity (Wildman–Crippen MR) is 145 cm³/mol. The van der Waals surface area contributed by atoms with Gasteiger partial charge in [-0.1, -0.05) is 23.7 Å². The number of nitrogens with zero attached hydrogens (tertiary/aromatic N) is 2. The number of hydrogen-bond donors (Lipinski definition) is 2. The third-order valence-electron chi connectivity index (χ3n) is 6.75. The molecule has 1 fully saturated rings. The number of likely N-dealkylation sites (tertiary alicyclic amines) is 1. The van der Waals surface area contributed by atoms with Crippen LogP contribution in [-0.2, 0) is 16.1 Å². The summed E-state index contributed by atoms with van der Waals surface area (Å²) in [6.07, 6.45) is -0.762. The first-order chi connectivity index (χ1) is 18.4. The minimum Gasteiger partial charge on any atom is -0.495 e. The molecule has 2 aromatic rings. The van der Waals surface area contributed by atoms with Gasteiger partial charge >= 0.3 is 6.09 Å². The van der Waals surface area contributed by atoms with Crippen LogP contribution in [0.15, 0.2) is 36.4 Å². The maximum absolute atomic E-state index is 13.2. The monoisotopic (exact) mass is 563 g/mol. The maximum Gasteiger partial charge on any atom is 0.415 e. The van der Waals surface area contributed by atoms with Gasteiger partial charge in [-0.25, -0.2) is 9.18 Å². The highest BCUT2D eigenvalue weighted by molar-refractivity contribution is 6.32. The second-order valence-electron chi connectivity index (χ2n) is 11.0. The van der Waals surface area contributed by atoms with Crippen molar-refractivity contribution in [2.45, 2.75) is 57.5 Å². The van der Waals surface area contributed by atoms with Crippen molar-refractivity contribution in [3.8, 4) is 11.5 Å². The molecule has 2 heterocycles. The molecule has 39 heavy (non-hydrogen) atoms. The number of hydrogen-bond acceptors (Lipinski definition) is 7. The van der Waals surface area contributed by atoms with Crippen LogP contribution in [0.2, 0.25) is 5.02 Å². The van der Waals surface area contributed by atoms with E-state index in [0.29, 0.717) is 43.9 Å². The van der Waals surface area contributed by atoms with Gasteiger partial charge in [0.2, 0.25) is 0 Å². The summed E-state index contributed by atoms with van der Waals surface area (Å²) in [5.41, 5.74) is -0.467. The van der Waals surface area contributed by atoms with Gasteiger partial charge in [-0.2, -0.15) is 0 Å². The fraction of sp³-hybridized carbons (Fsp3) is 0.500. The maximum atomic E-state index is 13.2. The molecular formula is C28H35ClFN3O6. The van der Waals surface area contributed by atoms with Crippen LogP contribution in [0.25, 0.3) is 0 Å². The molecule has 4 rings (SSSR count). The Kier molecular flexibility index (Phi) is 8.58. The third kappa shape index (κ3) is 7.32. The Balaban J connectivity index is 1.39. The van der Waals surface area contributed by atoms with Crippen LogP contribution < -0.4 is 19.7 Å². The number of benzene rings is 2. The summed E-state index contributed by atoms with van der Waals surface area (Å²) in [4.78, 5) is 29.7. The first kappa shape index (κ1) is 28.9. The number of ether oxygens (including phenoxy) is 3. The molecule has 11 heteroatoms. The lowest BCUT2D eigenvalue weighted by Gasteiger charge is -2.39. The summed E-state index contributed by atoms with van der Waals surface area (Å²) in [6.45, 7) is 7.12. The van der Waals surface area contributed by atoms with E-state index in [9.17, 15) is 19.1 Å². The lowest BCUT2D eigenvalue weighted by molar-refractivity contribution is -0.129. The molecule has 2 aromatic carbocycles. The van der Waals surface area contributed by atoms with Crippen molar-refractivity contribution in [1.82, 2.24) is 10.2 Å². The van der Waals surface area contributed by atoms with Gasteiger partial charge in [0.05, 0.1) is 30.0 Å². The molecule has 2 N–H and O–H groups in total. The summed E-state index contributed by atoms with van der Waals surface area (Å²) in [7, 11) is 1.46. The summed E-state index contributed by atoms with van der Waals surface area (Å²) < 4.78 is 29.9. The van der Waals surface area contributed by atoms with E-state index in [1.54, 1.807) is 32.9 Å². The van der Waals surface area contributed by atoms with Gasteiger partial charge in [0, 0.05) is 32.2 Å². The Bertz CT molecular complexity index is 1200.